The molecule has 238 valence electrons. The first-order chi connectivity index (χ1) is 21.1. The summed E-state index contributed by atoms with van der Waals surface area (Å²) in [6, 6.07) is 10.8. The summed E-state index contributed by atoms with van der Waals surface area (Å²) in [6.45, 7) is 2.31. The van der Waals surface area contributed by atoms with Crippen molar-refractivity contribution in [3.05, 3.63) is 64.9 Å². The first-order valence-electron chi connectivity index (χ1n) is 15.6. The van der Waals surface area contributed by atoms with Crippen LogP contribution in [0, 0.1) is 5.82 Å². The van der Waals surface area contributed by atoms with E-state index in [0.717, 1.165) is 32.4 Å². The summed E-state index contributed by atoms with van der Waals surface area (Å²) >= 11 is 6.07. The van der Waals surface area contributed by atoms with Crippen LogP contribution in [0.2, 0.25) is 5.02 Å². The Bertz CT molecular complexity index is 1490. The van der Waals surface area contributed by atoms with Crippen LogP contribution in [0.4, 0.5) is 9.18 Å². The van der Waals surface area contributed by atoms with Gasteiger partial charge in [0.2, 0.25) is 15.9 Å². The molecule has 0 bridgehead atoms. The van der Waals surface area contributed by atoms with Crippen LogP contribution in [0.5, 0.6) is 0 Å². The molecule has 2 aromatic carbocycles. The van der Waals surface area contributed by atoms with Gasteiger partial charge < -0.3 is 15.4 Å². The zero-order valence-corrected chi connectivity index (χ0v) is 26.4. The van der Waals surface area contributed by atoms with Crippen molar-refractivity contribution in [3.8, 4) is 0 Å². The van der Waals surface area contributed by atoms with Crippen molar-refractivity contribution in [2.24, 2.45) is 5.73 Å². The fourth-order valence-electron chi connectivity index (χ4n) is 7.53. The van der Waals surface area contributed by atoms with E-state index >= 15 is 0 Å². The van der Waals surface area contributed by atoms with Crippen LogP contribution in [0.25, 0.3) is 0 Å². The van der Waals surface area contributed by atoms with Gasteiger partial charge in [0.15, 0.2) is 0 Å². The Morgan fingerprint density at radius 1 is 0.909 bits per heavy atom. The van der Waals surface area contributed by atoms with Crippen molar-refractivity contribution in [3.63, 3.8) is 0 Å². The second-order valence-electron chi connectivity index (χ2n) is 12.7. The lowest BCUT2D eigenvalue weighted by Crippen LogP contribution is -2.64. The van der Waals surface area contributed by atoms with E-state index in [-0.39, 0.29) is 10.8 Å². The van der Waals surface area contributed by atoms with Gasteiger partial charge in [0.25, 0.3) is 0 Å². The van der Waals surface area contributed by atoms with E-state index in [1.165, 1.54) is 40.7 Å². The van der Waals surface area contributed by atoms with Gasteiger partial charge >= 0.3 is 6.09 Å². The second kappa shape index (κ2) is 12.2. The van der Waals surface area contributed by atoms with Crippen molar-refractivity contribution in [2.45, 2.75) is 92.3 Å². The molecule has 1 saturated carbocycles. The Morgan fingerprint density at radius 3 is 2.20 bits per heavy atom. The molecule has 6 rings (SSSR count). The van der Waals surface area contributed by atoms with E-state index in [1.807, 2.05) is 0 Å². The molecule has 9 nitrogen and oxygen atoms in total. The van der Waals surface area contributed by atoms with E-state index in [0.29, 0.717) is 68.6 Å². The monoisotopic (exact) mass is 646 g/mol. The first-order valence-corrected chi connectivity index (χ1v) is 17.5. The van der Waals surface area contributed by atoms with E-state index < -0.39 is 45.2 Å². The number of benzene rings is 2. The minimum absolute atomic E-state index is 0.0777. The van der Waals surface area contributed by atoms with Gasteiger partial charge in [-0.05, 0) is 113 Å². The van der Waals surface area contributed by atoms with Gasteiger partial charge in [-0.25, -0.2) is 17.6 Å². The summed E-state index contributed by atoms with van der Waals surface area (Å²) in [5.41, 5.74) is 4.74. The van der Waals surface area contributed by atoms with E-state index in [9.17, 15) is 22.4 Å². The molecule has 12 heteroatoms. The molecule has 3 aliphatic heterocycles. The van der Waals surface area contributed by atoms with Crippen molar-refractivity contribution < 1.29 is 27.1 Å². The molecule has 4 aliphatic rings. The number of nitrogens with two attached hydrogens (primary N) is 1. The molecule has 2 N–H and O–H groups in total. The standard InChI is InChI=1S/C32H40ClFN4O5S/c33-24-10-12-26(13-11-24)44(41,42)38-27(23-6-4-7-25(34)22-23)8-5-9-28(38)32(14-15-32)43-30(40)36-20-16-31(17-21-36,29(35)39)37-18-2-1-3-19-37/h4,6-7,10-13,22,27-28H,1-3,5,8-9,14-21H2,(H2,35,39). The van der Waals surface area contributed by atoms with Crippen molar-refractivity contribution in [1.82, 2.24) is 14.1 Å². The average Bonchev–Trinajstić information content (AvgIpc) is 3.81. The maximum Gasteiger partial charge on any atom is 0.410 e. The molecule has 4 fully saturated rings. The van der Waals surface area contributed by atoms with E-state index in [2.05, 4.69) is 4.90 Å². The zero-order valence-electron chi connectivity index (χ0n) is 24.8. The predicted octanol–water partition coefficient (Wildman–Crippen LogP) is 5.24. The van der Waals surface area contributed by atoms with Gasteiger partial charge in [0.05, 0.1) is 17.0 Å². The van der Waals surface area contributed by atoms with Crippen LogP contribution in [0.3, 0.4) is 0 Å². The number of ether oxygens (including phenoxy) is 1. The number of primary amides is 1. The van der Waals surface area contributed by atoms with E-state index in [1.54, 1.807) is 17.0 Å². The van der Waals surface area contributed by atoms with Gasteiger partial charge in [-0.3, -0.25) is 9.69 Å². The highest BCUT2D eigenvalue weighted by Gasteiger charge is 2.60. The number of amides is 2. The number of likely N-dealkylation sites (tertiary alicyclic amines) is 2. The molecule has 2 unspecified atom stereocenters. The maximum atomic E-state index is 14.4. The van der Waals surface area contributed by atoms with Gasteiger partial charge in [-0.1, -0.05) is 30.2 Å². The smallest absolute Gasteiger partial charge is 0.410 e. The van der Waals surface area contributed by atoms with Crippen LogP contribution >= 0.6 is 11.6 Å². The van der Waals surface area contributed by atoms with Crippen LogP contribution in [0.15, 0.2) is 53.4 Å². The predicted molar refractivity (Wildman–Crippen MR) is 164 cm³/mol. The van der Waals surface area contributed by atoms with Crippen molar-refractivity contribution >= 4 is 33.6 Å². The third-order valence-corrected chi connectivity index (χ3v) is 12.3. The molecule has 0 radical (unpaired) electrons. The number of rotatable bonds is 7. The molecule has 2 amide bonds. The van der Waals surface area contributed by atoms with Gasteiger partial charge in [-0.2, -0.15) is 4.31 Å². The summed E-state index contributed by atoms with van der Waals surface area (Å²) in [5.74, 6) is -0.789. The topological polar surface area (TPSA) is 113 Å². The third-order valence-electron chi connectivity index (χ3n) is 10.1. The molecule has 3 heterocycles. The largest absolute Gasteiger partial charge is 0.441 e. The van der Waals surface area contributed by atoms with Crippen LogP contribution < -0.4 is 5.73 Å². The third kappa shape index (κ3) is 5.84. The number of carbonyl (C=O) groups is 2. The van der Waals surface area contributed by atoms with Crippen LogP contribution in [0.1, 0.15) is 75.8 Å². The Kier molecular flexibility index (Phi) is 8.69. The fourth-order valence-corrected chi connectivity index (χ4v) is 9.57. The van der Waals surface area contributed by atoms with Crippen LogP contribution in [-0.2, 0) is 19.6 Å². The number of hydrogen-bond donors (Lipinski definition) is 1. The molecule has 2 aromatic rings. The molecule has 44 heavy (non-hydrogen) atoms. The Balaban J connectivity index is 1.25. The van der Waals surface area contributed by atoms with Crippen LogP contribution in [-0.4, -0.2) is 77.9 Å². The van der Waals surface area contributed by atoms with Crippen molar-refractivity contribution in [2.75, 3.05) is 26.2 Å². The second-order valence-corrected chi connectivity index (χ2v) is 14.9. The van der Waals surface area contributed by atoms with Gasteiger partial charge in [0.1, 0.15) is 17.0 Å². The lowest BCUT2D eigenvalue weighted by molar-refractivity contribution is -0.134. The molecule has 0 spiro atoms. The lowest BCUT2D eigenvalue weighted by atomic mass is 9.83. The fraction of sp³-hybridized carbons (Fsp3) is 0.562. The molecule has 2 atom stereocenters. The average molecular weight is 647 g/mol. The summed E-state index contributed by atoms with van der Waals surface area (Å²) in [4.78, 5) is 30.2. The Hall–Kier alpha value is -2.73. The number of sulfonamides is 1. The molecule has 1 aliphatic carbocycles. The van der Waals surface area contributed by atoms with Gasteiger partial charge in [0, 0.05) is 18.1 Å². The maximum absolute atomic E-state index is 14.4. The first kappa shape index (κ1) is 31.3. The number of halogens is 2. The summed E-state index contributed by atoms with van der Waals surface area (Å²) in [5, 5.41) is 0.413. The highest BCUT2D eigenvalue weighted by Crippen LogP contribution is 2.53. The molecular weight excluding hydrogens is 607 g/mol. The minimum atomic E-state index is -4.09. The quantitative estimate of drug-likeness (QED) is 0.440. The minimum Gasteiger partial charge on any atom is -0.441 e. The summed E-state index contributed by atoms with van der Waals surface area (Å²) in [7, 11) is -4.09. The summed E-state index contributed by atoms with van der Waals surface area (Å²) in [6.07, 6.45) is 6.32. The Labute approximate surface area is 263 Å². The summed E-state index contributed by atoms with van der Waals surface area (Å²) < 4.78 is 50.7. The van der Waals surface area contributed by atoms with Gasteiger partial charge in [-0.15, -0.1) is 0 Å². The number of hydrogen-bond acceptors (Lipinski definition) is 6. The zero-order chi connectivity index (χ0) is 31.1. The number of nitrogens with zero attached hydrogens (tertiary/aromatic N) is 3. The Morgan fingerprint density at radius 2 is 1.59 bits per heavy atom. The number of piperidine rings is 3. The molecule has 0 aromatic heterocycles. The molecule has 3 saturated heterocycles. The highest BCUT2D eigenvalue weighted by molar-refractivity contribution is 7.89. The van der Waals surface area contributed by atoms with E-state index in [4.69, 9.17) is 22.1 Å². The highest BCUT2D eigenvalue weighted by atomic mass is 35.5. The lowest BCUT2D eigenvalue weighted by Gasteiger charge is -2.48. The molecular formula is C32H40ClFN4O5S. The number of carbonyl (C=O) groups excluding carboxylic acids is 2. The van der Waals surface area contributed by atoms with Crippen molar-refractivity contribution in [1.29, 1.82) is 0 Å². The normalized spacial score (nSPS) is 25.7. The SMILES string of the molecule is NC(=O)C1(N2CCCCC2)CCN(C(=O)OC2(C3CCCC(c4cccc(F)c4)N3S(=O)(=O)c3ccc(Cl)cc3)CC2)CC1.